The zero-order chi connectivity index (χ0) is 19.4. The van der Waals surface area contributed by atoms with Gasteiger partial charge in [0.25, 0.3) is 0 Å². The van der Waals surface area contributed by atoms with Crippen molar-refractivity contribution in [2.45, 2.75) is 13.0 Å². The molecule has 7 heteroatoms. The SMILES string of the molecule is COc1ccc(Cl)cc1NC(=O)C(C)N1CCN(c2ccccc2F)CC1. The second-order valence-corrected chi connectivity index (χ2v) is 6.92. The number of carbonyl (C=O) groups is 1. The summed E-state index contributed by atoms with van der Waals surface area (Å²) in [4.78, 5) is 16.8. The Hall–Kier alpha value is -2.31. The molecule has 1 N–H and O–H groups in total. The number of methoxy groups -OCH3 is 1. The lowest BCUT2D eigenvalue weighted by Gasteiger charge is -2.38. The van der Waals surface area contributed by atoms with Gasteiger partial charge in [0.05, 0.1) is 24.5 Å². The number of hydrogen-bond acceptors (Lipinski definition) is 4. The molecule has 2 aromatic rings. The van der Waals surface area contributed by atoms with E-state index in [1.165, 1.54) is 6.07 Å². The van der Waals surface area contributed by atoms with Crippen molar-refractivity contribution in [2.24, 2.45) is 0 Å². The van der Waals surface area contributed by atoms with Crippen molar-refractivity contribution in [2.75, 3.05) is 43.5 Å². The molecule has 1 aliphatic rings. The Balaban J connectivity index is 1.61. The minimum atomic E-state index is -0.323. The minimum absolute atomic E-state index is 0.130. The van der Waals surface area contributed by atoms with Gasteiger partial charge in [0, 0.05) is 31.2 Å². The van der Waals surface area contributed by atoms with Crippen molar-refractivity contribution in [1.82, 2.24) is 4.90 Å². The molecule has 2 aromatic carbocycles. The number of ether oxygens (including phenoxy) is 1. The van der Waals surface area contributed by atoms with Crippen LogP contribution in [0.15, 0.2) is 42.5 Å². The van der Waals surface area contributed by atoms with Crippen LogP contribution in [0.4, 0.5) is 15.8 Å². The van der Waals surface area contributed by atoms with Crippen LogP contribution in [0, 0.1) is 5.82 Å². The third-order valence-corrected chi connectivity index (χ3v) is 5.09. The van der Waals surface area contributed by atoms with E-state index in [0.717, 1.165) is 0 Å². The van der Waals surface area contributed by atoms with Crippen LogP contribution in [0.25, 0.3) is 0 Å². The van der Waals surface area contributed by atoms with E-state index in [0.29, 0.717) is 48.3 Å². The third kappa shape index (κ3) is 4.51. The van der Waals surface area contributed by atoms with Gasteiger partial charge in [-0.05, 0) is 37.3 Å². The van der Waals surface area contributed by atoms with E-state index in [1.54, 1.807) is 37.4 Å². The lowest BCUT2D eigenvalue weighted by molar-refractivity contribution is -0.120. The average molecular weight is 392 g/mol. The largest absolute Gasteiger partial charge is 0.495 e. The highest BCUT2D eigenvalue weighted by atomic mass is 35.5. The first kappa shape index (κ1) is 19.5. The Morgan fingerprint density at radius 1 is 1.19 bits per heavy atom. The molecule has 1 amide bonds. The van der Waals surface area contributed by atoms with E-state index in [9.17, 15) is 9.18 Å². The monoisotopic (exact) mass is 391 g/mol. The van der Waals surface area contributed by atoms with E-state index < -0.39 is 0 Å². The van der Waals surface area contributed by atoms with Gasteiger partial charge in [-0.1, -0.05) is 23.7 Å². The summed E-state index contributed by atoms with van der Waals surface area (Å²) < 4.78 is 19.2. The molecule has 0 radical (unpaired) electrons. The van der Waals surface area contributed by atoms with Gasteiger partial charge < -0.3 is 15.0 Å². The number of nitrogens with zero attached hydrogens (tertiary/aromatic N) is 2. The fraction of sp³-hybridized carbons (Fsp3) is 0.350. The summed E-state index contributed by atoms with van der Waals surface area (Å²) in [6.45, 7) is 4.55. The first-order chi connectivity index (χ1) is 13.0. The van der Waals surface area contributed by atoms with Gasteiger partial charge in [-0.15, -0.1) is 0 Å². The average Bonchev–Trinajstić information content (AvgIpc) is 2.68. The molecule has 3 rings (SSSR count). The molecule has 0 aliphatic carbocycles. The zero-order valence-electron chi connectivity index (χ0n) is 15.4. The van der Waals surface area contributed by atoms with Crippen molar-refractivity contribution < 1.29 is 13.9 Å². The maximum Gasteiger partial charge on any atom is 0.241 e. The number of nitrogens with one attached hydrogen (secondary N) is 1. The number of benzene rings is 2. The van der Waals surface area contributed by atoms with Crippen LogP contribution in [0.2, 0.25) is 5.02 Å². The summed E-state index contributed by atoms with van der Waals surface area (Å²) in [7, 11) is 1.55. The minimum Gasteiger partial charge on any atom is -0.495 e. The second kappa shape index (κ2) is 8.59. The Morgan fingerprint density at radius 3 is 2.56 bits per heavy atom. The molecule has 0 bridgehead atoms. The predicted molar refractivity (Wildman–Crippen MR) is 106 cm³/mol. The number of halogens is 2. The lowest BCUT2D eigenvalue weighted by Crippen LogP contribution is -2.53. The highest BCUT2D eigenvalue weighted by Gasteiger charge is 2.27. The number of rotatable bonds is 5. The van der Waals surface area contributed by atoms with Gasteiger partial charge in [-0.2, -0.15) is 0 Å². The van der Waals surface area contributed by atoms with Gasteiger partial charge in [0.1, 0.15) is 11.6 Å². The Morgan fingerprint density at radius 2 is 1.89 bits per heavy atom. The Bertz CT molecular complexity index is 810. The summed E-state index contributed by atoms with van der Waals surface area (Å²) in [5.74, 6) is 0.212. The van der Waals surface area contributed by atoms with Crippen molar-refractivity contribution >= 4 is 28.9 Å². The standard InChI is InChI=1S/C20H23ClFN3O2/c1-14(20(26)23-17-13-15(21)7-8-19(17)27-2)24-9-11-25(12-10-24)18-6-4-3-5-16(18)22/h3-8,13-14H,9-12H2,1-2H3,(H,23,26). The molecule has 1 unspecified atom stereocenters. The number of carbonyl (C=O) groups excluding carboxylic acids is 1. The van der Waals surface area contributed by atoms with Crippen LogP contribution in [0.1, 0.15) is 6.92 Å². The molecule has 5 nitrogen and oxygen atoms in total. The van der Waals surface area contributed by atoms with Gasteiger partial charge in [-0.25, -0.2) is 4.39 Å². The normalized spacial score (nSPS) is 16.1. The molecule has 1 aliphatic heterocycles. The number of piperazine rings is 1. The van der Waals surface area contributed by atoms with E-state index in [4.69, 9.17) is 16.3 Å². The zero-order valence-corrected chi connectivity index (χ0v) is 16.2. The molecule has 1 atom stereocenters. The first-order valence-corrected chi connectivity index (χ1v) is 9.25. The molecule has 1 fully saturated rings. The van der Waals surface area contributed by atoms with E-state index in [1.807, 2.05) is 17.9 Å². The van der Waals surface area contributed by atoms with Gasteiger partial charge in [-0.3, -0.25) is 9.69 Å². The summed E-state index contributed by atoms with van der Waals surface area (Å²) in [6.07, 6.45) is 0. The smallest absolute Gasteiger partial charge is 0.241 e. The molecule has 1 heterocycles. The fourth-order valence-corrected chi connectivity index (χ4v) is 3.41. The van der Waals surface area contributed by atoms with Crippen LogP contribution in [0.3, 0.4) is 0 Å². The summed E-state index contributed by atoms with van der Waals surface area (Å²) in [5, 5.41) is 3.41. The molecular weight excluding hydrogens is 369 g/mol. The maximum atomic E-state index is 14.0. The number of hydrogen-bond donors (Lipinski definition) is 1. The van der Waals surface area contributed by atoms with Crippen molar-refractivity contribution in [3.63, 3.8) is 0 Å². The first-order valence-electron chi connectivity index (χ1n) is 8.87. The summed E-state index contributed by atoms with van der Waals surface area (Å²) >= 11 is 6.02. The second-order valence-electron chi connectivity index (χ2n) is 6.48. The molecule has 27 heavy (non-hydrogen) atoms. The van der Waals surface area contributed by atoms with Crippen LogP contribution in [0.5, 0.6) is 5.75 Å². The highest BCUT2D eigenvalue weighted by Crippen LogP contribution is 2.28. The van der Waals surface area contributed by atoms with Gasteiger partial charge in [0.15, 0.2) is 0 Å². The van der Waals surface area contributed by atoms with Crippen LogP contribution >= 0.6 is 11.6 Å². The number of anilines is 2. The third-order valence-electron chi connectivity index (χ3n) is 4.85. The van der Waals surface area contributed by atoms with Crippen molar-refractivity contribution in [1.29, 1.82) is 0 Å². The van der Waals surface area contributed by atoms with Gasteiger partial charge >= 0.3 is 0 Å². The highest BCUT2D eigenvalue weighted by molar-refractivity contribution is 6.31. The Labute approximate surface area is 163 Å². The summed E-state index contributed by atoms with van der Waals surface area (Å²) in [5.41, 5.74) is 1.16. The van der Waals surface area contributed by atoms with E-state index in [-0.39, 0.29) is 17.8 Å². The van der Waals surface area contributed by atoms with E-state index in [2.05, 4.69) is 10.2 Å². The topological polar surface area (TPSA) is 44.8 Å². The van der Waals surface area contributed by atoms with E-state index >= 15 is 0 Å². The fourth-order valence-electron chi connectivity index (χ4n) is 3.24. The van der Waals surface area contributed by atoms with Crippen molar-refractivity contribution in [3.05, 3.63) is 53.3 Å². The van der Waals surface area contributed by atoms with Gasteiger partial charge in [0.2, 0.25) is 5.91 Å². The predicted octanol–water partition coefficient (Wildman–Crippen LogP) is 3.64. The molecule has 1 saturated heterocycles. The maximum absolute atomic E-state index is 14.0. The Kier molecular flexibility index (Phi) is 6.19. The quantitative estimate of drug-likeness (QED) is 0.845. The van der Waals surface area contributed by atoms with Crippen LogP contribution in [-0.2, 0) is 4.79 Å². The summed E-state index contributed by atoms with van der Waals surface area (Å²) in [6, 6.07) is 11.5. The van der Waals surface area contributed by atoms with Crippen LogP contribution < -0.4 is 15.0 Å². The van der Waals surface area contributed by atoms with Crippen LogP contribution in [-0.4, -0.2) is 50.1 Å². The number of amides is 1. The molecule has 0 spiro atoms. The molecule has 0 aromatic heterocycles. The molecule has 144 valence electrons. The number of para-hydroxylation sites is 1. The molecule has 0 saturated carbocycles. The molecular formula is C20H23ClFN3O2. The van der Waals surface area contributed by atoms with Crippen molar-refractivity contribution in [3.8, 4) is 5.75 Å². The lowest BCUT2D eigenvalue weighted by atomic mass is 10.2.